The van der Waals surface area contributed by atoms with E-state index in [4.69, 9.17) is 11.6 Å². The number of nitrogens with one attached hydrogen (secondary N) is 1. The van der Waals surface area contributed by atoms with Gasteiger partial charge in [-0.2, -0.15) is 0 Å². The first kappa shape index (κ1) is 20.3. The number of benzene rings is 2. The Morgan fingerprint density at radius 1 is 1.11 bits per heavy atom. The van der Waals surface area contributed by atoms with E-state index in [1.807, 2.05) is 4.90 Å². The van der Waals surface area contributed by atoms with Gasteiger partial charge in [0.2, 0.25) is 5.91 Å². The van der Waals surface area contributed by atoms with Crippen LogP contribution in [0, 0.1) is 5.82 Å². The molecule has 0 bridgehead atoms. The number of amides is 2. The van der Waals surface area contributed by atoms with E-state index in [0.717, 1.165) is 5.56 Å². The van der Waals surface area contributed by atoms with Crippen molar-refractivity contribution in [1.82, 2.24) is 9.80 Å². The van der Waals surface area contributed by atoms with Gasteiger partial charge in [0, 0.05) is 55.4 Å². The third-order valence-corrected chi connectivity index (χ3v) is 5.13. The summed E-state index contributed by atoms with van der Waals surface area (Å²) in [5, 5.41) is 3.20. The normalized spacial score (nSPS) is 14.8. The molecule has 0 atom stereocenters. The molecule has 3 rings (SSSR count). The molecule has 1 aliphatic rings. The van der Waals surface area contributed by atoms with Crippen molar-refractivity contribution in [2.75, 3.05) is 31.5 Å². The Hall–Kier alpha value is -2.44. The highest BCUT2D eigenvalue weighted by Crippen LogP contribution is 2.20. The van der Waals surface area contributed by atoms with Crippen molar-refractivity contribution in [3.8, 4) is 0 Å². The van der Waals surface area contributed by atoms with Crippen LogP contribution in [0.2, 0.25) is 5.02 Å². The fourth-order valence-electron chi connectivity index (χ4n) is 3.16. The molecule has 0 unspecified atom stereocenters. The molecule has 1 N–H and O–H groups in total. The van der Waals surface area contributed by atoms with Gasteiger partial charge in [0.25, 0.3) is 5.91 Å². The smallest absolute Gasteiger partial charge is 0.254 e. The van der Waals surface area contributed by atoms with E-state index >= 15 is 0 Å². The molecule has 7 heteroatoms. The van der Waals surface area contributed by atoms with Crippen LogP contribution in [0.3, 0.4) is 0 Å². The van der Waals surface area contributed by atoms with Crippen molar-refractivity contribution in [2.24, 2.45) is 0 Å². The van der Waals surface area contributed by atoms with Gasteiger partial charge in [0.15, 0.2) is 0 Å². The zero-order chi connectivity index (χ0) is 20.1. The average Bonchev–Trinajstić information content (AvgIpc) is 2.70. The van der Waals surface area contributed by atoms with Crippen LogP contribution in [0.1, 0.15) is 29.3 Å². The summed E-state index contributed by atoms with van der Waals surface area (Å²) in [4.78, 5) is 28.4. The molecule has 0 spiro atoms. The maximum absolute atomic E-state index is 13.2. The van der Waals surface area contributed by atoms with Crippen LogP contribution in [0.15, 0.2) is 42.5 Å². The van der Waals surface area contributed by atoms with E-state index < -0.39 is 0 Å². The van der Waals surface area contributed by atoms with Gasteiger partial charge in [-0.15, -0.1) is 0 Å². The summed E-state index contributed by atoms with van der Waals surface area (Å²) in [6.07, 6.45) is 0.387. The molecule has 148 valence electrons. The first-order chi connectivity index (χ1) is 13.5. The van der Waals surface area contributed by atoms with Crippen LogP contribution in [-0.2, 0) is 11.3 Å². The van der Waals surface area contributed by atoms with Crippen molar-refractivity contribution in [3.05, 3.63) is 64.4 Å². The molecule has 5 nitrogen and oxygen atoms in total. The summed E-state index contributed by atoms with van der Waals surface area (Å²) in [5.41, 5.74) is 2.06. The maximum Gasteiger partial charge on any atom is 0.254 e. The fourth-order valence-corrected chi connectivity index (χ4v) is 3.39. The van der Waals surface area contributed by atoms with Gasteiger partial charge < -0.3 is 10.2 Å². The lowest BCUT2D eigenvalue weighted by Gasteiger charge is -2.35. The average molecular weight is 404 g/mol. The molecule has 0 radical (unpaired) electrons. The van der Waals surface area contributed by atoms with Crippen molar-refractivity contribution in [1.29, 1.82) is 0 Å². The van der Waals surface area contributed by atoms with Gasteiger partial charge in [-0.05, 0) is 35.9 Å². The summed E-state index contributed by atoms with van der Waals surface area (Å²) in [7, 11) is 0. The monoisotopic (exact) mass is 403 g/mol. The highest BCUT2D eigenvalue weighted by atomic mass is 35.5. The lowest BCUT2D eigenvalue weighted by Crippen LogP contribution is -2.48. The molecule has 2 aromatic carbocycles. The van der Waals surface area contributed by atoms with Crippen LogP contribution in [0.5, 0.6) is 0 Å². The second-order valence-corrected chi connectivity index (χ2v) is 7.19. The Morgan fingerprint density at radius 3 is 2.54 bits per heavy atom. The largest absolute Gasteiger partial charge is 0.336 e. The van der Waals surface area contributed by atoms with Gasteiger partial charge in [-0.3, -0.25) is 14.5 Å². The number of hydrogen-bond acceptors (Lipinski definition) is 3. The third kappa shape index (κ3) is 5.09. The van der Waals surface area contributed by atoms with Crippen molar-refractivity contribution in [3.63, 3.8) is 0 Å². The summed E-state index contributed by atoms with van der Waals surface area (Å²) >= 11 is 6.11. The van der Waals surface area contributed by atoms with E-state index in [9.17, 15) is 14.0 Å². The molecular formula is C21H23ClFN3O2. The van der Waals surface area contributed by atoms with Gasteiger partial charge in [-0.25, -0.2) is 4.39 Å². The van der Waals surface area contributed by atoms with Crippen molar-refractivity contribution < 1.29 is 14.0 Å². The summed E-state index contributed by atoms with van der Waals surface area (Å²) < 4.78 is 13.2. The Kier molecular flexibility index (Phi) is 6.65. The first-order valence-corrected chi connectivity index (χ1v) is 9.69. The molecule has 1 heterocycles. The highest BCUT2D eigenvalue weighted by Gasteiger charge is 2.23. The van der Waals surface area contributed by atoms with Gasteiger partial charge in [-0.1, -0.05) is 30.7 Å². The zero-order valence-electron chi connectivity index (χ0n) is 15.8. The number of halogens is 2. The SMILES string of the molecule is CCC(=O)Nc1cccc(C(=O)N2CCN(Cc3ccc(F)cc3Cl)CC2)c1. The van der Waals surface area contributed by atoms with Gasteiger partial charge in [0.05, 0.1) is 0 Å². The Bertz CT molecular complexity index is 866. The highest BCUT2D eigenvalue weighted by molar-refractivity contribution is 6.31. The van der Waals surface area contributed by atoms with Gasteiger partial charge >= 0.3 is 0 Å². The van der Waals surface area contributed by atoms with E-state index in [1.165, 1.54) is 12.1 Å². The molecule has 1 aliphatic heterocycles. The molecule has 2 aromatic rings. The van der Waals surface area contributed by atoms with Crippen LogP contribution in [-0.4, -0.2) is 47.8 Å². The molecule has 1 fully saturated rings. The van der Waals surface area contributed by atoms with Crippen LogP contribution < -0.4 is 5.32 Å². The fraction of sp³-hybridized carbons (Fsp3) is 0.333. The van der Waals surface area contributed by atoms with Gasteiger partial charge in [0.1, 0.15) is 5.82 Å². The lowest BCUT2D eigenvalue weighted by atomic mass is 10.1. The zero-order valence-corrected chi connectivity index (χ0v) is 16.5. The van der Waals surface area contributed by atoms with Crippen molar-refractivity contribution in [2.45, 2.75) is 19.9 Å². The van der Waals surface area contributed by atoms with Crippen molar-refractivity contribution >= 4 is 29.1 Å². The molecule has 0 aromatic heterocycles. The maximum atomic E-state index is 13.2. The predicted octanol–water partition coefficient (Wildman–Crippen LogP) is 3.79. The number of rotatable bonds is 5. The summed E-state index contributed by atoms with van der Waals surface area (Å²) in [6, 6.07) is 11.4. The molecule has 0 aliphatic carbocycles. The van der Waals surface area contributed by atoms with Crippen LogP contribution in [0.4, 0.5) is 10.1 Å². The minimum absolute atomic E-state index is 0.0490. The van der Waals surface area contributed by atoms with E-state index in [-0.39, 0.29) is 17.6 Å². The standard InChI is InChI=1S/C21H23ClFN3O2/c1-2-20(27)24-18-5-3-4-15(12-18)21(28)26-10-8-25(9-11-26)14-16-6-7-17(23)13-19(16)22/h3-7,12-13H,2,8-11,14H2,1H3,(H,24,27). The topological polar surface area (TPSA) is 52.7 Å². The molecule has 1 saturated heterocycles. The lowest BCUT2D eigenvalue weighted by molar-refractivity contribution is -0.115. The first-order valence-electron chi connectivity index (χ1n) is 9.31. The van der Waals surface area contributed by atoms with Crippen LogP contribution in [0.25, 0.3) is 0 Å². The summed E-state index contributed by atoms with van der Waals surface area (Å²) in [6.45, 7) is 5.03. The number of hydrogen-bond donors (Lipinski definition) is 1. The minimum atomic E-state index is -0.346. The molecule has 0 saturated carbocycles. The number of carbonyl (C=O) groups excluding carboxylic acids is 2. The summed E-state index contributed by atoms with van der Waals surface area (Å²) in [5.74, 6) is -0.480. The Labute approximate surface area is 169 Å². The Morgan fingerprint density at radius 2 is 1.86 bits per heavy atom. The molecular weight excluding hydrogens is 381 g/mol. The quantitative estimate of drug-likeness (QED) is 0.826. The predicted molar refractivity (Wildman–Crippen MR) is 108 cm³/mol. The molecule has 28 heavy (non-hydrogen) atoms. The van der Waals surface area contributed by atoms with E-state index in [0.29, 0.717) is 55.4 Å². The minimum Gasteiger partial charge on any atom is -0.336 e. The molecule has 2 amide bonds. The third-order valence-electron chi connectivity index (χ3n) is 4.78. The Balaban J connectivity index is 1.58. The van der Waals surface area contributed by atoms with E-state index in [2.05, 4.69) is 10.2 Å². The number of piperazine rings is 1. The van der Waals surface area contributed by atoms with Crippen LogP contribution >= 0.6 is 11.6 Å². The number of nitrogens with zero attached hydrogens (tertiary/aromatic N) is 2. The van der Waals surface area contributed by atoms with E-state index in [1.54, 1.807) is 37.3 Å². The number of anilines is 1. The second-order valence-electron chi connectivity index (χ2n) is 6.79. The second kappa shape index (κ2) is 9.17. The number of carbonyl (C=O) groups is 2.